The molecular formula is C42H67NO7. The molecule has 1 saturated heterocycles. The van der Waals surface area contributed by atoms with Gasteiger partial charge in [-0.1, -0.05) is 74.3 Å². The predicted octanol–water partition coefficient (Wildman–Crippen LogP) is 7.63. The van der Waals surface area contributed by atoms with Crippen LogP contribution in [0.5, 0.6) is 0 Å². The lowest BCUT2D eigenvalue weighted by Gasteiger charge is -2.70. The van der Waals surface area contributed by atoms with Gasteiger partial charge in [0.1, 0.15) is 12.2 Å². The van der Waals surface area contributed by atoms with Gasteiger partial charge in [0, 0.05) is 34.7 Å². The number of carbonyl (C=O) groups is 3. The molecule has 12 atom stereocenters. The fourth-order valence-corrected chi connectivity index (χ4v) is 12.6. The number of carboxylic acids is 1. The van der Waals surface area contributed by atoms with Crippen LogP contribution in [0.3, 0.4) is 0 Å². The zero-order valence-electron chi connectivity index (χ0n) is 32.9. The Hall–Kier alpha value is -1.77. The van der Waals surface area contributed by atoms with Crippen LogP contribution >= 0.6 is 0 Å². The van der Waals surface area contributed by atoms with Gasteiger partial charge in [-0.25, -0.2) is 0 Å². The third-order valence-electron chi connectivity index (χ3n) is 16.7. The second-order valence-corrected chi connectivity index (χ2v) is 19.7. The number of esters is 1. The number of carbonyl (C=O) groups excluding carboxylic acids is 2. The van der Waals surface area contributed by atoms with Crippen LogP contribution in [-0.2, 0) is 28.6 Å². The number of hydrogen-bond acceptors (Lipinski definition) is 7. The Kier molecular flexibility index (Phi) is 9.63. The van der Waals surface area contributed by atoms with Crippen molar-refractivity contribution in [2.75, 3.05) is 19.8 Å². The van der Waals surface area contributed by atoms with Gasteiger partial charge in [-0.05, 0) is 98.4 Å². The standard InChI is InChI=1S/C42H67NO7/c1-24(2)26(5)37(7)17-18-39(9)29-15-16-32-38(8)21-48-23-42(32,30(29)19-33(45)41(39,11)34(37)36(46)47)20-31(50-27(6)44)35(38)49-22-40(10,25(3)4)43-28-13-12-14-28/h19,24-26,28-29,31-32,34-35,43H,12-18,20-23H2,1-11H3,(H,46,47)/t26-,29+,31-,32+,34-,35+,37-,38-,39-,40-,41+,42+/m1/s1. The summed E-state index contributed by atoms with van der Waals surface area (Å²) in [5.41, 5.74) is -2.14. The molecule has 5 aliphatic carbocycles. The van der Waals surface area contributed by atoms with E-state index in [1.54, 1.807) is 0 Å². The average molecular weight is 698 g/mol. The van der Waals surface area contributed by atoms with E-state index in [0.717, 1.165) is 31.3 Å². The van der Waals surface area contributed by atoms with Crippen molar-refractivity contribution in [1.29, 1.82) is 0 Å². The van der Waals surface area contributed by atoms with Gasteiger partial charge < -0.3 is 24.6 Å². The Morgan fingerprint density at radius 1 is 1.04 bits per heavy atom. The molecular weight excluding hydrogens is 630 g/mol. The number of hydrogen-bond donors (Lipinski definition) is 2. The molecule has 6 rings (SSSR count). The first kappa shape index (κ1) is 38.0. The third-order valence-corrected chi connectivity index (χ3v) is 16.7. The lowest BCUT2D eigenvalue weighted by atomic mass is 9.34. The number of rotatable bonds is 10. The molecule has 0 unspecified atom stereocenters. The lowest BCUT2D eigenvalue weighted by Crippen LogP contribution is -2.71. The molecule has 282 valence electrons. The zero-order chi connectivity index (χ0) is 36.8. The molecule has 50 heavy (non-hydrogen) atoms. The maximum Gasteiger partial charge on any atom is 0.308 e. The van der Waals surface area contributed by atoms with Gasteiger partial charge in [-0.2, -0.15) is 0 Å². The van der Waals surface area contributed by atoms with Crippen LogP contribution < -0.4 is 5.32 Å². The summed E-state index contributed by atoms with van der Waals surface area (Å²) in [5, 5.41) is 14.9. The molecule has 2 N–H and O–H groups in total. The first-order chi connectivity index (χ1) is 23.2. The molecule has 0 spiro atoms. The zero-order valence-corrected chi connectivity index (χ0v) is 32.9. The number of ketones is 1. The molecule has 4 saturated carbocycles. The SMILES string of the molecule is CC(=O)O[C@@H]1C[C@@]23COC[C@](C)([C@@H]2CC[C@H]2C3=CC(=O)[C@@]3(C)[C@H](C(=O)O)[C@@](C)([C@H](C)C(C)C)CC[C@]23C)[C@H]1OC[C@@](C)(NC1CCC1)C(C)C. The van der Waals surface area contributed by atoms with E-state index in [9.17, 15) is 19.5 Å². The minimum absolute atomic E-state index is 0.0412. The van der Waals surface area contributed by atoms with Gasteiger partial charge in [-0.3, -0.25) is 14.4 Å². The quantitative estimate of drug-likeness (QED) is 0.224. The summed E-state index contributed by atoms with van der Waals surface area (Å²) in [6, 6.07) is 0.507. The maximum absolute atomic E-state index is 14.9. The Morgan fingerprint density at radius 3 is 2.28 bits per heavy atom. The van der Waals surface area contributed by atoms with Crippen molar-refractivity contribution in [3.8, 4) is 0 Å². The molecule has 0 amide bonds. The van der Waals surface area contributed by atoms with E-state index in [1.807, 2.05) is 13.0 Å². The highest BCUT2D eigenvalue weighted by molar-refractivity contribution is 6.00. The second-order valence-electron chi connectivity index (χ2n) is 19.7. The molecule has 0 aromatic carbocycles. The van der Waals surface area contributed by atoms with Crippen molar-refractivity contribution in [1.82, 2.24) is 5.32 Å². The number of nitrogens with one attached hydrogen (secondary N) is 1. The number of ether oxygens (including phenoxy) is 3. The molecule has 0 aromatic rings. The van der Waals surface area contributed by atoms with Gasteiger partial charge in [0.25, 0.3) is 0 Å². The predicted molar refractivity (Wildman–Crippen MR) is 193 cm³/mol. The van der Waals surface area contributed by atoms with E-state index in [0.29, 0.717) is 44.1 Å². The van der Waals surface area contributed by atoms with Crippen molar-refractivity contribution in [3.63, 3.8) is 0 Å². The first-order valence-electron chi connectivity index (χ1n) is 19.8. The number of fused-ring (bicyclic) bond motifs is 3. The molecule has 2 bridgehead atoms. The fraction of sp³-hybridized carbons (Fsp3) is 0.881. The minimum Gasteiger partial charge on any atom is -0.481 e. The van der Waals surface area contributed by atoms with Crippen LogP contribution in [0.15, 0.2) is 11.6 Å². The van der Waals surface area contributed by atoms with E-state index in [-0.39, 0.29) is 41.1 Å². The van der Waals surface area contributed by atoms with E-state index in [4.69, 9.17) is 14.2 Å². The molecule has 5 fully saturated rings. The van der Waals surface area contributed by atoms with Crippen molar-refractivity contribution in [2.45, 2.75) is 151 Å². The van der Waals surface area contributed by atoms with E-state index < -0.39 is 45.1 Å². The highest BCUT2D eigenvalue weighted by atomic mass is 16.6. The summed E-state index contributed by atoms with van der Waals surface area (Å²) >= 11 is 0. The summed E-state index contributed by atoms with van der Waals surface area (Å²) in [5.74, 6) is -1.02. The van der Waals surface area contributed by atoms with Crippen LogP contribution in [0.1, 0.15) is 128 Å². The Morgan fingerprint density at radius 2 is 1.72 bits per heavy atom. The van der Waals surface area contributed by atoms with E-state index in [2.05, 4.69) is 67.6 Å². The third kappa shape index (κ3) is 5.33. The lowest BCUT2D eigenvalue weighted by molar-refractivity contribution is -0.268. The van der Waals surface area contributed by atoms with Crippen molar-refractivity contribution >= 4 is 17.7 Å². The van der Waals surface area contributed by atoms with Crippen molar-refractivity contribution < 1.29 is 33.7 Å². The van der Waals surface area contributed by atoms with E-state index >= 15 is 0 Å². The van der Waals surface area contributed by atoms with Crippen LogP contribution in [0.25, 0.3) is 0 Å². The van der Waals surface area contributed by atoms with Crippen LogP contribution in [0.4, 0.5) is 0 Å². The summed E-state index contributed by atoms with van der Waals surface area (Å²) in [4.78, 5) is 41.1. The van der Waals surface area contributed by atoms with E-state index in [1.165, 1.54) is 26.2 Å². The second kappa shape index (κ2) is 12.7. The highest BCUT2D eigenvalue weighted by Gasteiger charge is 2.74. The monoisotopic (exact) mass is 697 g/mol. The van der Waals surface area contributed by atoms with Gasteiger partial charge in [0.2, 0.25) is 0 Å². The molecule has 1 aliphatic heterocycles. The van der Waals surface area contributed by atoms with Gasteiger partial charge in [0.15, 0.2) is 5.78 Å². The molecule has 1 heterocycles. The molecule has 0 radical (unpaired) electrons. The summed E-state index contributed by atoms with van der Waals surface area (Å²) in [6.45, 7) is 24.8. The highest BCUT2D eigenvalue weighted by Crippen LogP contribution is 2.74. The molecule has 6 aliphatic rings. The van der Waals surface area contributed by atoms with Crippen molar-refractivity contribution in [2.24, 2.45) is 62.6 Å². The number of allylic oxidation sites excluding steroid dienone is 1. The topological polar surface area (TPSA) is 111 Å². The summed E-state index contributed by atoms with van der Waals surface area (Å²) in [7, 11) is 0. The number of aliphatic carboxylic acids is 1. The largest absolute Gasteiger partial charge is 0.481 e. The first-order valence-corrected chi connectivity index (χ1v) is 19.8. The van der Waals surface area contributed by atoms with Crippen LogP contribution in [0, 0.1) is 62.6 Å². The van der Waals surface area contributed by atoms with Gasteiger partial charge >= 0.3 is 11.9 Å². The van der Waals surface area contributed by atoms with Crippen LogP contribution in [-0.4, -0.2) is 66.4 Å². The molecule has 0 aromatic heterocycles. The molecule has 8 nitrogen and oxygen atoms in total. The molecule has 8 heteroatoms. The van der Waals surface area contributed by atoms with Gasteiger partial charge in [0.05, 0.1) is 25.7 Å². The van der Waals surface area contributed by atoms with Crippen LogP contribution in [0.2, 0.25) is 0 Å². The number of carboxylic acid groups (broad SMARTS) is 1. The summed E-state index contributed by atoms with van der Waals surface area (Å²) in [6.07, 6.45) is 8.62. The Labute approximate surface area is 301 Å². The smallest absolute Gasteiger partial charge is 0.308 e. The fourth-order valence-electron chi connectivity index (χ4n) is 12.6. The Balaban J connectivity index is 1.40. The maximum atomic E-state index is 14.9. The normalized spacial score (nSPS) is 44.6. The van der Waals surface area contributed by atoms with Gasteiger partial charge in [-0.15, -0.1) is 0 Å². The Bertz CT molecular complexity index is 1400. The average Bonchev–Trinajstić information content (AvgIpc) is 2.99. The summed E-state index contributed by atoms with van der Waals surface area (Å²) < 4.78 is 19.9. The van der Waals surface area contributed by atoms with Crippen molar-refractivity contribution in [3.05, 3.63) is 11.6 Å². The minimum atomic E-state index is -1.05.